The van der Waals surface area contributed by atoms with E-state index in [4.69, 9.17) is 18.9 Å². The number of carbonyl (C=O) groups is 1. The highest BCUT2D eigenvalue weighted by molar-refractivity contribution is 5.93. The van der Waals surface area contributed by atoms with E-state index in [1.54, 1.807) is 45.9 Å². The minimum atomic E-state index is -0.239. The van der Waals surface area contributed by atoms with Crippen LogP contribution in [0.15, 0.2) is 48.8 Å². The minimum Gasteiger partial charge on any atom is -0.493 e. The highest BCUT2D eigenvalue weighted by atomic mass is 16.5. The molecule has 0 saturated carbocycles. The number of amides is 1. The first-order chi connectivity index (χ1) is 17.0. The van der Waals surface area contributed by atoms with Crippen molar-refractivity contribution in [1.29, 1.82) is 0 Å². The van der Waals surface area contributed by atoms with Gasteiger partial charge in [0.2, 0.25) is 11.7 Å². The second-order valence-electron chi connectivity index (χ2n) is 8.29. The van der Waals surface area contributed by atoms with Crippen molar-refractivity contribution < 1.29 is 23.7 Å². The molecule has 3 aromatic rings. The Bertz CT molecular complexity index is 1140. The van der Waals surface area contributed by atoms with Crippen molar-refractivity contribution in [2.75, 3.05) is 44.6 Å². The lowest BCUT2D eigenvalue weighted by atomic mass is 9.97. The van der Waals surface area contributed by atoms with Crippen LogP contribution in [0.25, 0.3) is 0 Å². The Balaban J connectivity index is 1.49. The average molecular weight is 479 g/mol. The van der Waals surface area contributed by atoms with Gasteiger partial charge < -0.3 is 29.2 Å². The molecule has 2 heterocycles. The van der Waals surface area contributed by atoms with Gasteiger partial charge in [0, 0.05) is 43.3 Å². The van der Waals surface area contributed by atoms with Crippen LogP contribution >= 0.6 is 0 Å². The average Bonchev–Trinajstić information content (AvgIpc) is 2.89. The fraction of sp³-hybridized carbons (Fsp3) is 0.346. The van der Waals surface area contributed by atoms with Crippen molar-refractivity contribution in [2.45, 2.75) is 19.8 Å². The second kappa shape index (κ2) is 10.9. The number of piperidine rings is 1. The molecule has 184 valence electrons. The van der Waals surface area contributed by atoms with Crippen LogP contribution in [0.2, 0.25) is 0 Å². The molecule has 0 bridgehead atoms. The number of nitrogens with one attached hydrogen (secondary N) is 1. The van der Waals surface area contributed by atoms with Crippen LogP contribution < -0.4 is 29.2 Å². The van der Waals surface area contributed by atoms with Gasteiger partial charge in [-0.05, 0) is 31.9 Å². The molecule has 0 unspecified atom stereocenters. The van der Waals surface area contributed by atoms with Gasteiger partial charge in [0.25, 0.3) is 5.88 Å². The first-order valence-corrected chi connectivity index (χ1v) is 11.4. The number of benzene rings is 2. The SMILES string of the molecule is COc1cc(NC(=O)[C@H]2CCCN(c3nccnc3Oc3ccc(C)cc3)C2)cc(OC)c1OC. The number of ether oxygens (including phenoxy) is 4. The van der Waals surface area contributed by atoms with Crippen molar-refractivity contribution in [3.63, 3.8) is 0 Å². The molecule has 1 aliphatic heterocycles. The normalized spacial score (nSPS) is 15.3. The molecule has 1 fully saturated rings. The fourth-order valence-corrected chi connectivity index (χ4v) is 4.11. The molecule has 2 aromatic carbocycles. The van der Waals surface area contributed by atoms with Crippen molar-refractivity contribution in [2.24, 2.45) is 5.92 Å². The number of methoxy groups -OCH3 is 3. The number of hydrogen-bond donors (Lipinski definition) is 1. The van der Waals surface area contributed by atoms with E-state index in [1.807, 2.05) is 31.2 Å². The standard InChI is InChI=1S/C26H30N4O5/c1-17-7-9-20(10-8-17)35-26-24(27-11-12-28-26)30-13-5-6-18(16-30)25(31)29-19-14-21(32-2)23(34-4)22(15-19)33-3/h7-12,14-15,18H,5-6,13,16H2,1-4H3,(H,29,31)/t18-/m0/s1. The van der Waals surface area contributed by atoms with Gasteiger partial charge in [-0.2, -0.15) is 0 Å². The maximum absolute atomic E-state index is 13.2. The second-order valence-corrected chi connectivity index (χ2v) is 8.29. The summed E-state index contributed by atoms with van der Waals surface area (Å²) in [4.78, 5) is 24.2. The first-order valence-electron chi connectivity index (χ1n) is 11.4. The Morgan fingerprint density at radius 3 is 2.34 bits per heavy atom. The van der Waals surface area contributed by atoms with E-state index in [2.05, 4.69) is 20.2 Å². The third-order valence-corrected chi connectivity index (χ3v) is 5.91. The van der Waals surface area contributed by atoms with Crippen LogP contribution in [0, 0.1) is 12.8 Å². The monoisotopic (exact) mass is 478 g/mol. The van der Waals surface area contributed by atoms with Crippen LogP contribution in [-0.2, 0) is 4.79 Å². The maximum atomic E-state index is 13.2. The summed E-state index contributed by atoms with van der Waals surface area (Å²) >= 11 is 0. The van der Waals surface area contributed by atoms with Gasteiger partial charge in [0.1, 0.15) is 5.75 Å². The van der Waals surface area contributed by atoms with Crippen LogP contribution in [0.3, 0.4) is 0 Å². The number of hydrogen-bond acceptors (Lipinski definition) is 8. The van der Waals surface area contributed by atoms with Gasteiger partial charge in [-0.25, -0.2) is 9.97 Å². The predicted octanol–water partition coefficient (Wildman–Crippen LogP) is 4.46. The molecule has 0 aliphatic carbocycles. The molecule has 1 aliphatic rings. The van der Waals surface area contributed by atoms with E-state index < -0.39 is 0 Å². The summed E-state index contributed by atoms with van der Waals surface area (Å²) in [5.41, 5.74) is 1.72. The Labute approximate surface area is 205 Å². The molecule has 9 heteroatoms. The Kier molecular flexibility index (Phi) is 7.54. The van der Waals surface area contributed by atoms with E-state index in [0.717, 1.165) is 24.9 Å². The zero-order chi connectivity index (χ0) is 24.8. The van der Waals surface area contributed by atoms with Gasteiger partial charge in [-0.15, -0.1) is 0 Å². The van der Waals surface area contributed by atoms with Crippen LogP contribution in [-0.4, -0.2) is 50.3 Å². The molecular formula is C26H30N4O5. The van der Waals surface area contributed by atoms with Gasteiger partial charge in [0.15, 0.2) is 17.3 Å². The van der Waals surface area contributed by atoms with E-state index >= 15 is 0 Å². The lowest BCUT2D eigenvalue weighted by molar-refractivity contribution is -0.120. The lowest BCUT2D eigenvalue weighted by Gasteiger charge is -2.33. The lowest BCUT2D eigenvalue weighted by Crippen LogP contribution is -2.41. The number of nitrogens with zero attached hydrogens (tertiary/aromatic N) is 3. The summed E-state index contributed by atoms with van der Waals surface area (Å²) in [6.45, 7) is 3.28. The van der Waals surface area contributed by atoms with E-state index in [9.17, 15) is 4.79 Å². The van der Waals surface area contributed by atoms with Crippen molar-refractivity contribution in [1.82, 2.24) is 9.97 Å². The molecule has 0 radical (unpaired) electrons. The Hall–Kier alpha value is -4.01. The van der Waals surface area contributed by atoms with Crippen LogP contribution in [0.5, 0.6) is 28.9 Å². The third kappa shape index (κ3) is 5.56. The molecule has 0 spiro atoms. The summed E-state index contributed by atoms with van der Waals surface area (Å²) in [7, 11) is 4.62. The number of carbonyl (C=O) groups excluding carboxylic acids is 1. The zero-order valence-corrected chi connectivity index (χ0v) is 20.4. The topological polar surface area (TPSA) is 95.0 Å². The minimum absolute atomic E-state index is 0.0890. The van der Waals surface area contributed by atoms with Crippen molar-refractivity contribution in [3.8, 4) is 28.9 Å². The molecule has 9 nitrogen and oxygen atoms in total. The van der Waals surface area contributed by atoms with Gasteiger partial charge in [0.05, 0.1) is 27.2 Å². The molecule has 4 rings (SSSR count). The summed E-state index contributed by atoms with van der Waals surface area (Å²) in [5, 5.41) is 3.00. The molecule has 1 saturated heterocycles. The quantitative estimate of drug-likeness (QED) is 0.507. The predicted molar refractivity (Wildman–Crippen MR) is 133 cm³/mol. The third-order valence-electron chi connectivity index (χ3n) is 5.91. The number of aromatic nitrogens is 2. The number of aryl methyl sites for hydroxylation is 1. The van der Waals surface area contributed by atoms with Crippen LogP contribution in [0.1, 0.15) is 18.4 Å². The van der Waals surface area contributed by atoms with E-state index in [-0.39, 0.29) is 11.8 Å². The fourth-order valence-electron chi connectivity index (χ4n) is 4.11. The highest BCUT2D eigenvalue weighted by Crippen LogP contribution is 2.40. The van der Waals surface area contributed by atoms with Crippen molar-refractivity contribution in [3.05, 3.63) is 54.4 Å². The van der Waals surface area contributed by atoms with Gasteiger partial charge >= 0.3 is 0 Å². The number of anilines is 2. The molecule has 1 amide bonds. The molecule has 1 aromatic heterocycles. The van der Waals surface area contributed by atoms with Gasteiger partial charge in [-0.3, -0.25) is 4.79 Å². The van der Waals surface area contributed by atoms with E-state index in [0.29, 0.717) is 46.9 Å². The largest absolute Gasteiger partial charge is 0.493 e. The summed E-state index contributed by atoms with van der Waals surface area (Å²) < 4.78 is 22.2. The summed E-state index contributed by atoms with van der Waals surface area (Å²) in [6, 6.07) is 11.2. The van der Waals surface area contributed by atoms with Gasteiger partial charge in [-0.1, -0.05) is 17.7 Å². The Morgan fingerprint density at radius 2 is 1.69 bits per heavy atom. The van der Waals surface area contributed by atoms with Crippen LogP contribution in [0.4, 0.5) is 11.5 Å². The smallest absolute Gasteiger partial charge is 0.263 e. The highest BCUT2D eigenvalue weighted by Gasteiger charge is 2.29. The Morgan fingerprint density at radius 1 is 1.00 bits per heavy atom. The summed E-state index contributed by atoms with van der Waals surface area (Å²) in [5.74, 6) is 2.83. The molecule has 1 N–H and O–H groups in total. The maximum Gasteiger partial charge on any atom is 0.263 e. The zero-order valence-electron chi connectivity index (χ0n) is 20.4. The van der Waals surface area contributed by atoms with E-state index in [1.165, 1.54) is 0 Å². The van der Waals surface area contributed by atoms with Crippen molar-refractivity contribution >= 4 is 17.4 Å². The number of rotatable bonds is 8. The first kappa shape index (κ1) is 24.1. The molecule has 35 heavy (non-hydrogen) atoms. The summed E-state index contributed by atoms with van der Waals surface area (Å²) in [6.07, 6.45) is 4.84. The molecular weight excluding hydrogens is 448 g/mol. The molecule has 1 atom stereocenters.